The summed E-state index contributed by atoms with van der Waals surface area (Å²) < 4.78 is 1.97. The van der Waals surface area contributed by atoms with Gasteiger partial charge < -0.3 is 4.57 Å². The van der Waals surface area contributed by atoms with Crippen LogP contribution in [0.25, 0.3) is 0 Å². The summed E-state index contributed by atoms with van der Waals surface area (Å²) >= 11 is 11.9. The molecule has 5 heteroatoms. The lowest BCUT2D eigenvalue weighted by Gasteiger charge is -2.07. The van der Waals surface area contributed by atoms with Crippen molar-refractivity contribution in [2.45, 2.75) is 32.7 Å². The van der Waals surface area contributed by atoms with Gasteiger partial charge in [0.15, 0.2) is 0 Å². The molecule has 96 valence electrons. The van der Waals surface area contributed by atoms with Crippen LogP contribution in [-0.2, 0) is 19.4 Å². The maximum atomic E-state index is 6.04. The van der Waals surface area contributed by atoms with Crippen molar-refractivity contribution in [2.75, 3.05) is 0 Å². The minimum Gasteiger partial charge on any atom is -0.301 e. The van der Waals surface area contributed by atoms with Gasteiger partial charge in [-0.1, -0.05) is 30.7 Å². The van der Waals surface area contributed by atoms with E-state index < -0.39 is 0 Å². The first-order chi connectivity index (χ1) is 8.70. The molecule has 0 aliphatic heterocycles. The molecule has 2 rings (SSSR count). The zero-order chi connectivity index (χ0) is 13.0. The van der Waals surface area contributed by atoms with Crippen LogP contribution in [0.1, 0.15) is 24.7 Å². The first kappa shape index (κ1) is 13.4. The molecular weight excluding hydrogens is 269 g/mol. The first-order valence-corrected chi connectivity index (χ1v) is 6.78. The second-order valence-corrected chi connectivity index (χ2v) is 4.94. The average molecular weight is 284 g/mol. The largest absolute Gasteiger partial charge is 0.301 e. The van der Waals surface area contributed by atoms with Gasteiger partial charge >= 0.3 is 0 Å². The molecule has 2 aromatic rings. The minimum atomic E-state index is 0.465. The molecule has 0 saturated carbocycles. The summed E-state index contributed by atoms with van der Waals surface area (Å²) in [6, 6.07) is 7.86. The van der Waals surface area contributed by atoms with E-state index in [0.717, 1.165) is 36.7 Å². The smallest absolute Gasteiger partial charge is 0.225 e. The predicted molar refractivity (Wildman–Crippen MR) is 74.2 cm³/mol. The number of rotatable bonds is 5. The van der Waals surface area contributed by atoms with Crippen molar-refractivity contribution >= 4 is 23.2 Å². The summed E-state index contributed by atoms with van der Waals surface area (Å²) in [4.78, 5) is 0. The van der Waals surface area contributed by atoms with Gasteiger partial charge in [0.05, 0.1) is 0 Å². The maximum Gasteiger partial charge on any atom is 0.225 e. The van der Waals surface area contributed by atoms with Crippen LogP contribution in [0.15, 0.2) is 24.3 Å². The molecule has 3 nitrogen and oxygen atoms in total. The Balaban J connectivity index is 2.05. The molecule has 0 fully saturated rings. The number of aromatic nitrogens is 3. The Kier molecular flexibility index (Phi) is 4.61. The van der Waals surface area contributed by atoms with Gasteiger partial charge in [-0.2, -0.15) is 0 Å². The Bertz CT molecular complexity index is 505. The van der Waals surface area contributed by atoms with Crippen molar-refractivity contribution < 1.29 is 0 Å². The SMILES string of the molecule is CCCc1nnc(Cl)n1CCc1ccc(Cl)cc1. The third-order valence-corrected chi connectivity index (χ3v) is 3.32. The molecule has 1 heterocycles. The molecule has 0 N–H and O–H groups in total. The van der Waals surface area contributed by atoms with Gasteiger partial charge in [0, 0.05) is 18.0 Å². The fourth-order valence-electron chi connectivity index (χ4n) is 1.84. The number of hydrogen-bond acceptors (Lipinski definition) is 2. The van der Waals surface area contributed by atoms with Crippen LogP contribution in [0.4, 0.5) is 0 Å². The third-order valence-electron chi connectivity index (χ3n) is 2.79. The molecule has 0 bridgehead atoms. The van der Waals surface area contributed by atoms with Crippen LogP contribution in [0.3, 0.4) is 0 Å². The molecule has 0 saturated heterocycles. The van der Waals surface area contributed by atoms with E-state index in [-0.39, 0.29) is 0 Å². The highest BCUT2D eigenvalue weighted by Gasteiger charge is 2.09. The van der Waals surface area contributed by atoms with Crippen LogP contribution < -0.4 is 0 Å². The van der Waals surface area contributed by atoms with E-state index in [1.54, 1.807) is 0 Å². The summed E-state index contributed by atoms with van der Waals surface area (Å²) in [7, 11) is 0. The normalized spacial score (nSPS) is 10.8. The second-order valence-electron chi connectivity index (χ2n) is 4.16. The molecule has 0 amide bonds. The molecule has 0 aliphatic rings. The molecule has 1 aromatic carbocycles. The van der Waals surface area contributed by atoms with Crippen LogP contribution >= 0.6 is 23.2 Å². The average Bonchev–Trinajstić information content (AvgIpc) is 2.71. The van der Waals surface area contributed by atoms with Crippen LogP contribution in [0.2, 0.25) is 10.3 Å². The van der Waals surface area contributed by atoms with Gasteiger partial charge in [0.2, 0.25) is 5.28 Å². The van der Waals surface area contributed by atoms with Gasteiger partial charge in [-0.25, -0.2) is 0 Å². The zero-order valence-corrected chi connectivity index (χ0v) is 11.7. The summed E-state index contributed by atoms with van der Waals surface area (Å²) in [5, 5.41) is 9.23. The van der Waals surface area contributed by atoms with Crippen molar-refractivity contribution in [1.29, 1.82) is 0 Å². The summed E-state index contributed by atoms with van der Waals surface area (Å²) in [6.07, 6.45) is 2.84. The van der Waals surface area contributed by atoms with Crippen LogP contribution in [0, 0.1) is 0 Å². The number of aryl methyl sites for hydroxylation is 2. The molecule has 0 unspecified atom stereocenters. The Hall–Kier alpha value is -1.06. The Morgan fingerprint density at radius 3 is 2.44 bits per heavy atom. The monoisotopic (exact) mass is 283 g/mol. The van der Waals surface area contributed by atoms with Crippen LogP contribution in [0.5, 0.6) is 0 Å². The van der Waals surface area contributed by atoms with E-state index in [9.17, 15) is 0 Å². The van der Waals surface area contributed by atoms with E-state index in [1.165, 1.54) is 5.56 Å². The molecule has 0 aliphatic carbocycles. The lowest BCUT2D eigenvalue weighted by molar-refractivity contribution is 0.643. The van der Waals surface area contributed by atoms with E-state index in [4.69, 9.17) is 23.2 Å². The molecule has 0 spiro atoms. The summed E-state index contributed by atoms with van der Waals surface area (Å²) in [5.74, 6) is 0.955. The molecule has 1 aromatic heterocycles. The molecule has 0 radical (unpaired) electrons. The highest BCUT2D eigenvalue weighted by atomic mass is 35.5. The lowest BCUT2D eigenvalue weighted by atomic mass is 10.1. The number of hydrogen-bond donors (Lipinski definition) is 0. The van der Waals surface area contributed by atoms with Gasteiger partial charge in [-0.3, -0.25) is 0 Å². The zero-order valence-electron chi connectivity index (χ0n) is 10.2. The third kappa shape index (κ3) is 3.24. The van der Waals surface area contributed by atoms with Gasteiger partial charge in [-0.15, -0.1) is 10.2 Å². The Morgan fingerprint density at radius 2 is 1.78 bits per heavy atom. The van der Waals surface area contributed by atoms with Crippen molar-refractivity contribution in [3.05, 3.63) is 46.0 Å². The Morgan fingerprint density at radius 1 is 1.06 bits per heavy atom. The van der Waals surface area contributed by atoms with Crippen LogP contribution in [-0.4, -0.2) is 14.8 Å². The van der Waals surface area contributed by atoms with Gasteiger partial charge in [-0.05, 0) is 42.1 Å². The summed E-state index contributed by atoms with van der Waals surface area (Å²) in [6.45, 7) is 2.91. The highest BCUT2D eigenvalue weighted by Crippen LogP contribution is 2.14. The molecule has 0 atom stereocenters. The minimum absolute atomic E-state index is 0.465. The topological polar surface area (TPSA) is 30.7 Å². The molecule has 18 heavy (non-hydrogen) atoms. The van der Waals surface area contributed by atoms with E-state index >= 15 is 0 Å². The fourth-order valence-corrected chi connectivity index (χ4v) is 2.18. The van der Waals surface area contributed by atoms with E-state index in [2.05, 4.69) is 17.1 Å². The highest BCUT2D eigenvalue weighted by molar-refractivity contribution is 6.30. The number of benzene rings is 1. The lowest BCUT2D eigenvalue weighted by Crippen LogP contribution is -2.06. The second kappa shape index (κ2) is 6.21. The summed E-state index contributed by atoms with van der Waals surface area (Å²) in [5.41, 5.74) is 1.23. The fraction of sp³-hybridized carbons (Fsp3) is 0.385. The Labute approximate surface area is 117 Å². The van der Waals surface area contributed by atoms with Crippen molar-refractivity contribution in [2.24, 2.45) is 0 Å². The van der Waals surface area contributed by atoms with Gasteiger partial charge in [0.25, 0.3) is 0 Å². The first-order valence-electron chi connectivity index (χ1n) is 6.02. The van der Waals surface area contributed by atoms with Crippen molar-refractivity contribution in [3.8, 4) is 0 Å². The number of nitrogens with zero attached hydrogens (tertiary/aromatic N) is 3. The maximum absolute atomic E-state index is 6.04. The quantitative estimate of drug-likeness (QED) is 0.836. The standard InChI is InChI=1S/C13H15Cl2N3/c1-2-3-12-16-17-13(15)18(12)9-8-10-4-6-11(14)7-5-10/h4-7H,2-3,8-9H2,1H3. The predicted octanol–water partition coefficient (Wildman–Crippen LogP) is 3.78. The van der Waals surface area contributed by atoms with E-state index in [0.29, 0.717) is 5.28 Å². The van der Waals surface area contributed by atoms with Crippen molar-refractivity contribution in [1.82, 2.24) is 14.8 Å². The van der Waals surface area contributed by atoms with Crippen molar-refractivity contribution in [3.63, 3.8) is 0 Å². The van der Waals surface area contributed by atoms with Gasteiger partial charge in [0.1, 0.15) is 5.82 Å². The number of halogens is 2. The molecular formula is C13H15Cl2N3. The van der Waals surface area contributed by atoms with E-state index in [1.807, 2.05) is 28.8 Å².